The van der Waals surface area contributed by atoms with Crippen LogP contribution in [0.25, 0.3) is 0 Å². The predicted molar refractivity (Wildman–Crippen MR) is 94.3 cm³/mol. The highest BCUT2D eigenvalue weighted by Gasteiger charge is 2.14. The molecule has 1 amide bonds. The molecule has 1 unspecified atom stereocenters. The molecule has 2 rings (SSSR count). The van der Waals surface area contributed by atoms with Crippen LogP contribution in [-0.2, 0) is 11.2 Å². The molecule has 5 heteroatoms. The summed E-state index contributed by atoms with van der Waals surface area (Å²) in [5.74, 6) is 0.732. The summed E-state index contributed by atoms with van der Waals surface area (Å²) in [5.41, 5.74) is 1.86. The van der Waals surface area contributed by atoms with Crippen molar-refractivity contribution in [3.8, 4) is 5.75 Å². The molecule has 122 valence electrons. The zero-order valence-corrected chi connectivity index (χ0v) is 14.6. The highest BCUT2D eigenvalue weighted by atomic mass is 35.5. The molecule has 0 aliphatic carbocycles. The van der Waals surface area contributed by atoms with E-state index in [2.05, 4.69) is 5.32 Å². The van der Waals surface area contributed by atoms with Crippen molar-refractivity contribution in [1.29, 1.82) is 0 Å². The van der Waals surface area contributed by atoms with Crippen molar-refractivity contribution >= 4 is 29.1 Å². The van der Waals surface area contributed by atoms with Crippen LogP contribution in [-0.4, -0.2) is 13.0 Å². The maximum atomic E-state index is 12.2. The van der Waals surface area contributed by atoms with Crippen LogP contribution in [0.2, 0.25) is 10.0 Å². The van der Waals surface area contributed by atoms with E-state index in [-0.39, 0.29) is 11.9 Å². The Morgan fingerprint density at radius 3 is 2.65 bits per heavy atom. The number of amides is 1. The molecule has 0 bridgehead atoms. The van der Waals surface area contributed by atoms with Crippen LogP contribution in [0.3, 0.4) is 0 Å². The van der Waals surface area contributed by atoms with Gasteiger partial charge in [-0.1, -0.05) is 47.5 Å². The zero-order valence-electron chi connectivity index (χ0n) is 13.1. The SMILES string of the molecule is COc1ccccc1C(C)NC(=O)CCc1ccc(Cl)cc1Cl. The fraction of sp³-hybridized carbons (Fsp3) is 0.278. The molecule has 0 heterocycles. The molecular formula is C18H19Cl2NO2. The fourth-order valence-electron chi connectivity index (χ4n) is 2.39. The minimum atomic E-state index is -0.126. The van der Waals surface area contributed by atoms with Gasteiger partial charge in [0, 0.05) is 22.0 Å². The third-order valence-electron chi connectivity index (χ3n) is 3.62. The van der Waals surface area contributed by atoms with Gasteiger partial charge in [0.2, 0.25) is 5.91 Å². The number of carbonyl (C=O) groups is 1. The van der Waals surface area contributed by atoms with Crippen LogP contribution in [0, 0.1) is 0 Å². The molecule has 23 heavy (non-hydrogen) atoms. The third-order valence-corrected chi connectivity index (χ3v) is 4.21. The number of benzene rings is 2. The first-order valence-corrected chi connectivity index (χ1v) is 8.13. The molecule has 1 N–H and O–H groups in total. The Kier molecular flexibility index (Phi) is 6.31. The summed E-state index contributed by atoms with van der Waals surface area (Å²) in [6.45, 7) is 1.94. The van der Waals surface area contributed by atoms with Crippen molar-refractivity contribution < 1.29 is 9.53 Å². The average molecular weight is 352 g/mol. The molecule has 1 atom stereocenters. The van der Waals surface area contributed by atoms with Gasteiger partial charge in [-0.3, -0.25) is 4.79 Å². The number of hydrogen-bond acceptors (Lipinski definition) is 2. The maximum absolute atomic E-state index is 12.2. The van der Waals surface area contributed by atoms with Gasteiger partial charge in [-0.15, -0.1) is 0 Å². The standard InChI is InChI=1S/C18H19Cl2NO2/c1-12(15-5-3-4-6-17(15)23-2)21-18(22)10-8-13-7-9-14(19)11-16(13)20/h3-7,9,11-12H,8,10H2,1-2H3,(H,21,22). The zero-order chi connectivity index (χ0) is 16.8. The van der Waals surface area contributed by atoms with E-state index in [1.807, 2.05) is 37.3 Å². The summed E-state index contributed by atoms with van der Waals surface area (Å²) >= 11 is 12.0. The lowest BCUT2D eigenvalue weighted by Gasteiger charge is -2.17. The number of methoxy groups -OCH3 is 1. The maximum Gasteiger partial charge on any atom is 0.220 e. The lowest BCUT2D eigenvalue weighted by atomic mass is 10.1. The van der Waals surface area contributed by atoms with Crippen molar-refractivity contribution in [2.24, 2.45) is 0 Å². The smallest absolute Gasteiger partial charge is 0.220 e. The summed E-state index contributed by atoms with van der Waals surface area (Å²) in [4.78, 5) is 12.2. The monoisotopic (exact) mass is 351 g/mol. The van der Waals surface area contributed by atoms with Gasteiger partial charge in [-0.2, -0.15) is 0 Å². The van der Waals surface area contributed by atoms with Crippen molar-refractivity contribution in [2.45, 2.75) is 25.8 Å². The van der Waals surface area contributed by atoms with E-state index in [9.17, 15) is 4.79 Å². The van der Waals surface area contributed by atoms with Gasteiger partial charge in [-0.05, 0) is 37.1 Å². The molecular weight excluding hydrogens is 333 g/mol. The molecule has 3 nitrogen and oxygen atoms in total. The first-order chi connectivity index (χ1) is 11.0. The topological polar surface area (TPSA) is 38.3 Å². The molecule has 0 saturated heterocycles. The summed E-state index contributed by atoms with van der Waals surface area (Å²) in [7, 11) is 1.62. The second-order valence-corrected chi connectivity index (χ2v) is 6.11. The number of carbonyl (C=O) groups excluding carboxylic acids is 1. The summed E-state index contributed by atoms with van der Waals surface area (Å²) in [5, 5.41) is 4.16. The van der Waals surface area contributed by atoms with Crippen molar-refractivity contribution in [2.75, 3.05) is 7.11 Å². The van der Waals surface area contributed by atoms with E-state index < -0.39 is 0 Å². The first kappa shape index (κ1) is 17.6. The highest BCUT2D eigenvalue weighted by molar-refractivity contribution is 6.35. The molecule has 0 saturated carbocycles. The lowest BCUT2D eigenvalue weighted by Crippen LogP contribution is -2.27. The number of para-hydroxylation sites is 1. The molecule has 0 aliphatic rings. The van der Waals surface area contributed by atoms with Crippen molar-refractivity contribution in [1.82, 2.24) is 5.32 Å². The molecule has 0 spiro atoms. The summed E-state index contributed by atoms with van der Waals surface area (Å²) < 4.78 is 5.32. The Morgan fingerprint density at radius 2 is 1.96 bits per heavy atom. The van der Waals surface area contributed by atoms with Crippen LogP contribution >= 0.6 is 23.2 Å². The van der Waals surface area contributed by atoms with Gasteiger partial charge in [-0.25, -0.2) is 0 Å². The summed E-state index contributed by atoms with van der Waals surface area (Å²) in [6, 6.07) is 12.8. The second-order valence-electron chi connectivity index (χ2n) is 5.27. The highest BCUT2D eigenvalue weighted by Crippen LogP contribution is 2.25. The van der Waals surface area contributed by atoms with Gasteiger partial charge in [0.05, 0.1) is 13.2 Å². The van der Waals surface area contributed by atoms with Crippen molar-refractivity contribution in [3.63, 3.8) is 0 Å². The van der Waals surface area contributed by atoms with E-state index in [0.29, 0.717) is 22.9 Å². The number of aryl methyl sites for hydroxylation is 1. The largest absolute Gasteiger partial charge is 0.496 e. The van der Waals surface area contributed by atoms with Gasteiger partial charge >= 0.3 is 0 Å². The van der Waals surface area contributed by atoms with Crippen LogP contribution < -0.4 is 10.1 Å². The molecule has 0 fully saturated rings. The Morgan fingerprint density at radius 1 is 1.22 bits per heavy atom. The van der Waals surface area contributed by atoms with E-state index >= 15 is 0 Å². The fourth-order valence-corrected chi connectivity index (χ4v) is 2.89. The van der Waals surface area contributed by atoms with Crippen LogP contribution in [0.15, 0.2) is 42.5 Å². The van der Waals surface area contributed by atoms with Crippen molar-refractivity contribution in [3.05, 3.63) is 63.6 Å². The number of halogens is 2. The number of ether oxygens (including phenoxy) is 1. The van der Waals surface area contributed by atoms with Gasteiger partial charge < -0.3 is 10.1 Å². The predicted octanol–water partition coefficient (Wildman–Crippen LogP) is 4.81. The molecule has 0 aromatic heterocycles. The van der Waals surface area contributed by atoms with Gasteiger partial charge in [0.15, 0.2) is 0 Å². The molecule has 2 aromatic rings. The first-order valence-electron chi connectivity index (χ1n) is 7.37. The Balaban J connectivity index is 1.94. The van der Waals surface area contributed by atoms with E-state index in [0.717, 1.165) is 16.9 Å². The number of hydrogen-bond donors (Lipinski definition) is 1. The Hall–Kier alpha value is -1.71. The van der Waals surface area contributed by atoms with Crippen LogP contribution in [0.4, 0.5) is 0 Å². The minimum Gasteiger partial charge on any atom is -0.496 e. The minimum absolute atomic E-state index is 0.0329. The number of rotatable bonds is 6. The van der Waals surface area contributed by atoms with Crippen LogP contribution in [0.5, 0.6) is 5.75 Å². The average Bonchev–Trinajstić information content (AvgIpc) is 2.54. The third kappa shape index (κ3) is 4.88. The van der Waals surface area contributed by atoms with Crippen LogP contribution in [0.1, 0.15) is 30.5 Å². The van der Waals surface area contributed by atoms with Gasteiger partial charge in [0.1, 0.15) is 5.75 Å². The quantitative estimate of drug-likeness (QED) is 0.810. The van der Waals surface area contributed by atoms with E-state index in [1.54, 1.807) is 19.2 Å². The molecule has 2 aromatic carbocycles. The number of nitrogens with one attached hydrogen (secondary N) is 1. The lowest BCUT2D eigenvalue weighted by molar-refractivity contribution is -0.121. The molecule has 0 radical (unpaired) electrons. The molecule has 0 aliphatic heterocycles. The normalized spacial score (nSPS) is 11.8. The summed E-state index contributed by atoms with van der Waals surface area (Å²) in [6.07, 6.45) is 0.932. The van der Waals surface area contributed by atoms with E-state index in [4.69, 9.17) is 27.9 Å². The van der Waals surface area contributed by atoms with Gasteiger partial charge in [0.25, 0.3) is 0 Å². The van der Waals surface area contributed by atoms with E-state index in [1.165, 1.54) is 0 Å². The Bertz CT molecular complexity index is 688. The Labute approximate surface area is 146 Å². The second kappa shape index (κ2) is 8.23.